The fourth-order valence-corrected chi connectivity index (χ4v) is 3.28. The standard InChI is InChI=1S/C20H22N4O3/c1-12-6-5-7-16-21-10-13(18(26)24(12)16)17(25)23-9-8-15-14(11-23)22-19(27-15)20(2,3)4/h5-7,10H,8-9,11H2,1-4H3. The van der Waals surface area contributed by atoms with Crippen molar-refractivity contribution in [3.05, 3.63) is 63.4 Å². The number of amides is 1. The first kappa shape index (κ1) is 17.5. The van der Waals surface area contributed by atoms with Crippen molar-refractivity contribution in [1.29, 1.82) is 0 Å². The Morgan fingerprint density at radius 3 is 2.78 bits per heavy atom. The Labute approximate surface area is 156 Å². The number of nitrogens with zero attached hydrogens (tertiary/aromatic N) is 4. The number of aromatic nitrogens is 3. The molecule has 0 saturated carbocycles. The van der Waals surface area contributed by atoms with Crippen LogP contribution in [0.15, 0.2) is 33.6 Å². The van der Waals surface area contributed by atoms with Crippen LogP contribution in [0.1, 0.15) is 54.2 Å². The van der Waals surface area contributed by atoms with Gasteiger partial charge in [-0.1, -0.05) is 26.8 Å². The molecule has 0 bridgehead atoms. The van der Waals surface area contributed by atoms with Crippen LogP contribution in [-0.2, 0) is 18.4 Å². The summed E-state index contributed by atoms with van der Waals surface area (Å²) < 4.78 is 7.34. The lowest BCUT2D eigenvalue weighted by Gasteiger charge is -2.25. The van der Waals surface area contributed by atoms with Crippen LogP contribution in [-0.4, -0.2) is 31.7 Å². The molecule has 0 atom stereocenters. The first-order chi connectivity index (χ1) is 12.8. The summed E-state index contributed by atoms with van der Waals surface area (Å²) in [7, 11) is 0. The molecular formula is C20H22N4O3. The number of hydrogen-bond acceptors (Lipinski definition) is 5. The van der Waals surface area contributed by atoms with Gasteiger partial charge in [-0.2, -0.15) is 0 Å². The van der Waals surface area contributed by atoms with E-state index in [-0.39, 0.29) is 22.4 Å². The summed E-state index contributed by atoms with van der Waals surface area (Å²) in [5, 5.41) is 0. The van der Waals surface area contributed by atoms with E-state index in [9.17, 15) is 9.59 Å². The Hall–Kier alpha value is -2.96. The molecule has 1 amide bonds. The molecule has 3 aromatic rings. The largest absolute Gasteiger partial charge is 0.445 e. The highest BCUT2D eigenvalue weighted by Crippen LogP contribution is 2.27. The van der Waals surface area contributed by atoms with Crippen molar-refractivity contribution in [2.24, 2.45) is 0 Å². The minimum absolute atomic E-state index is 0.0739. The van der Waals surface area contributed by atoms with E-state index in [1.807, 2.05) is 39.8 Å². The van der Waals surface area contributed by atoms with Gasteiger partial charge in [0.15, 0.2) is 5.89 Å². The maximum atomic E-state index is 13.0. The average Bonchev–Trinajstić information content (AvgIpc) is 3.05. The van der Waals surface area contributed by atoms with Gasteiger partial charge in [-0.25, -0.2) is 9.97 Å². The molecule has 27 heavy (non-hydrogen) atoms. The van der Waals surface area contributed by atoms with E-state index < -0.39 is 0 Å². The molecule has 0 unspecified atom stereocenters. The summed E-state index contributed by atoms with van der Waals surface area (Å²) >= 11 is 0. The Kier molecular flexibility index (Phi) is 3.91. The van der Waals surface area contributed by atoms with E-state index in [0.29, 0.717) is 31.0 Å². The molecule has 0 aliphatic carbocycles. The summed E-state index contributed by atoms with van der Waals surface area (Å²) in [6.07, 6.45) is 1.96. The highest BCUT2D eigenvalue weighted by molar-refractivity contribution is 5.93. The molecule has 7 heteroatoms. The quantitative estimate of drug-likeness (QED) is 0.661. The van der Waals surface area contributed by atoms with Gasteiger partial charge in [-0.15, -0.1) is 0 Å². The summed E-state index contributed by atoms with van der Waals surface area (Å²) in [5.74, 6) is 1.18. The Balaban J connectivity index is 1.68. The molecule has 1 aliphatic rings. The van der Waals surface area contributed by atoms with Crippen molar-refractivity contribution in [1.82, 2.24) is 19.3 Å². The Morgan fingerprint density at radius 1 is 1.26 bits per heavy atom. The molecule has 4 rings (SSSR count). The molecular weight excluding hydrogens is 344 g/mol. The van der Waals surface area contributed by atoms with Crippen LogP contribution < -0.4 is 5.56 Å². The van der Waals surface area contributed by atoms with Crippen LogP contribution in [0.25, 0.3) is 5.65 Å². The summed E-state index contributed by atoms with van der Waals surface area (Å²) in [6, 6.07) is 5.41. The van der Waals surface area contributed by atoms with Crippen molar-refractivity contribution in [2.45, 2.75) is 46.1 Å². The molecule has 0 saturated heterocycles. The van der Waals surface area contributed by atoms with E-state index in [1.54, 1.807) is 11.0 Å². The first-order valence-electron chi connectivity index (χ1n) is 9.01. The van der Waals surface area contributed by atoms with Gasteiger partial charge in [0, 0.05) is 30.3 Å². The molecule has 1 aliphatic heterocycles. The zero-order valence-electron chi connectivity index (χ0n) is 15.9. The minimum Gasteiger partial charge on any atom is -0.445 e. The second-order valence-electron chi connectivity index (χ2n) is 7.95. The normalized spacial score (nSPS) is 14.4. The third-order valence-corrected chi connectivity index (χ3v) is 4.81. The Bertz CT molecular complexity index is 1100. The number of carbonyl (C=O) groups excluding carboxylic acids is 1. The van der Waals surface area contributed by atoms with Crippen molar-refractivity contribution >= 4 is 11.6 Å². The number of hydrogen-bond donors (Lipinski definition) is 0. The zero-order valence-corrected chi connectivity index (χ0v) is 15.9. The number of pyridine rings is 1. The van der Waals surface area contributed by atoms with Gasteiger partial charge in [0.2, 0.25) is 0 Å². The number of carbonyl (C=O) groups is 1. The minimum atomic E-state index is -0.343. The van der Waals surface area contributed by atoms with Gasteiger partial charge in [0.1, 0.15) is 22.7 Å². The van der Waals surface area contributed by atoms with Crippen molar-refractivity contribution in [3.8, 4) is 0 Å². The van der Waals surface area contributed by atoms with Gasteiger partial charge >= 0.3 is 0 Å². The molecule has 140 valence electrons. The highest BCUT2D eigenvalue weighted by atomic mass is 16.4. The average molecular weight is 366 g/mol. The summed E-state index contributed by atoms with van der Waals surface area (Å²) in [6.45, 7) is 8.76. The molecule has 0 radical (unpaired) electrons. The maximum Gasteiger partial charge on any atom is 0.270 e. The smallest absolute Gasteiger partial charge is 0.270 e. The highest BCUT2D eigenvalue weighted by Gasteiger charge is 2.30. The van der Waals surface area contributed by atoms with Gasteiger partial charge in [-0.3, -0.25) is 14.0 Å². The lowest BCUT2D eigenvalue weighted by atomic mass is 9.97. The predicted molar refractivity (Wildman–Crippen MR) is 99.8 cm³/mol. The predicted octanol–water partition coefficient (Wildman–Crippen LogP) is 2.49. The lowest BCUT2D eigenvalue weighted by Crippen LogP contribution is -2.39. The van der Waals surface area contributed by atoms with E-state index in [1.165, 1.54) is 10.6 Å². The lowest BCUT2D eigenvalue weighted by molar-refractivity contribution is 0.0725. The molecule has 0 fully saturated rings. The number of fused-ring (bicyclic) bond motifs is 2. The van der Waals surface area contributed by atoms with Crippen LogP contribution in [0, 0.1) is 6.92 Å². The van der Waals surface area contributed by atoms with E-state index in [4.69, 9.17) is 4.42 Å². The van der Waals surface area contributed by atoms with Crippen LogP contribution in [0.2, 0.25) is 0 Å². The van der Waals surface area contributed by atoms with Crippen LogP contribution in [0.3, 0.4) is 0 Å². The fourth-order valence-electron chi connectivity index (χ4n) is 3.28. The summed E-state index contributed by atoms with van der Waals surface area (Å²) in [5.41, 5.74) is 1.58. The molecule has 7 nitrogen and oxygen atoms in total. The Morgan fingerprint density at radius 2 is 2.04 bits per heavy atom. The third-order valence-electron chi connectivity index (χ3n) is 4.81. The van der Waals surface area contributed by atoms with E-state index in [2.05, 4.69) is 9.97 Å². The topological polar surface area (TPSA) is 80.7 Å². The van der Waals surface area contributed by atoms with Gasteiger partial charge < -0.3 is 9.32 Å². The summed E-state index contributed by atoms with van der Waals surface area (Å²) in [4.78, 5) is 36.4. The third kappa shape index (κ3) is 2.93. The van der Waals surface area contributed by atoms with Crippen molar-refractivity contribution < 1.29 is 9.21 Å². The van der Waals surface area contributed by atoms with Gasteiger partial charge in [0.05, 0.1) is 6.54 Å². The molecule has 0 spiro atoms. The van der Waals surface area contributed by atoms with E-state index >= 15 is 0 Å². The number of oxazole rings is 1. The second kappa shape index (κ2) is 6.04. The molecule has 0 aromatic carbocycles. The first-order valence-corrected chi connectivity index (χ1v) is 9.01. The van der Waals surface area contributed by atoms with Crippen LogP contribution in [0.4, 0.5) is 0 Å². The van der Waals surface area contributed by atoms with Crippen molar-refractivity contribution in [3.63, 3.8) is 0 Å². The molecule has 4 heterocycles. The molecule has 3 aromatic heterocycles. The fraction of sp³-hybridized carbons (Fsp3) is 0.400. The van der Waals surface area contributed by atoms with Gasteiger partial charge in [0.25, 0.3) is 11.5 Å². The van der Waals surface area contributed by atoms with E-state index in [0.717, 1.165) is 17.1 Å². The second-order valence-corrected chi connectivity index (χ2v) is 7.95. The van der Waals surface area contributed by atoms with Crippen LogP contribution >= 0.6 is 0 Å². The van der Waals surface area contributed by atoms with Gasteiger partial charge in [-0.05, 0) is 19.1 Å². The monoisotopic (exact) mass is 366 g/mol. The van der Waals surface area contributed by atoms with Crippen LogP contribution in [0.5, 0.6) is 0 Å². The molecule has 0 N–H and O–H groups in total. The number of rotatable bonds is 1. The van der Waals surface area contributed by atoms with Crippen molar-refractivity contribution in [2.75, 3.05) is 6.54 Å². The SMILES string of the molecule is Cc1cccc2ncc(C(=O)N3CCc4oc(C(C)(C)C)nc4C3)c(=O)n12. The maximum absolute atomic E-state index is 13.0. The zero-order chi connectivity index (χ0) is 19.3. The number of aryl methyl sites for hydroxylation is 1.